The highest BCUT2D eigenvalue weighted by Crippen LogP contribution is 2.33. The van der Waals surface area contributed by atoms with Gasteiger partial charge in [0, 0.05) is 6.54 Å². The average Bonchev–Trinajstić information content (AvgIpc) is 2.34. The Kier molecular flexibility index (Phi) is 2.97. The maximum atomic E-state index is 11.5. The lowest BCUT2D eigenvalue weighted by Crippen LogP contribution is -2.62. The molecule has 2 rings (SSSR count). The quantitative estimate of drug-likeness (QED) is 0.781. The van der Waals surface area contributed by atoms with Gasteiger partial charge in [-0.2, -0.15) is 0 Å². The van der Waals surface area contributed by atoms with Crippen molar-refractivity contribution in [3.8, 4) is 0 Å². The average molecular weight is 218 g/mol. The van der Waals surface area contributed by atoms with E-state index in [0.29, 0.717) is 0 Å². The molecule has 0 spiro atoms. The summed E-state index contributed by atoms with van der Waals surface area (Å²) in [5, 5.41) is 0. The second kappa shape index (κ2) is 4.26. The maximum absolute atomic E-state index is 11.5. The first kappa shape index (κ1) is 11.1. The van der Waals surface area contributed by atoms with E-state index in [1.807, 2.05) is 11.8 Å². The van der Waals surface area contributed by atoms with Gasteiger partial charge in [0.2, 0.25) is 5.91 Å². The van der Waals surface area contributed by atoms with Crippen LogP contribution in [-0.2, 0) is 11.2 Å². The number of hydrogen-bond acceptors (Lipinski definition) is 2. The molecule has 1 aromatic rings. The number of carbonyl (C=O) groups excluding carboxylic acids is 1. The summed E-state index contributed by atoms with van der Waals surface area (Å²) in [6.07, 6.45) is 1.04. The standard InChI is InChI=1S/C13H18N2O/c1-3-9-5-7-10(8-6-9)12-11(14)13(16)15(12)4-2/h5-8,11-12H,3-4,14H2,1-2H3. The third kappa shape index (κ3) is 1.61. The number of rotatable bonds is 3. The number of benzene rings is 1. The molecule has 2 atom stereocenters. The highest BCUT2D eigenvalue weighted by atomic mass is 16.2. The maximum Gasteiger partial charge on any atom is 0.242 e. The largest absolute Gasteiger partial charge is 0.332 e. The predicted octanol–water partition coefficient (Wildman–Crippen LogP) is 1.48. The monoisotopic (exact) mass is 218 g/mol. The molecular weight excluding hydrogens is 200 g/mol. The number of aryl methyl sites for hydroxylation is 1. The fraction of sp³-hybridized carbons (Fsp3) is 0.462. The molecule has 86 valence electrons. The summed E-state index contributed by atoms with van der Waals surface area (Å²) < 4.78 is 0. The van der Waals surface area contributed by atoms with Gasteiger partial charge in [-0.05, 0) is 24.5 Å². The second-order valence-electron chi connectivity index (χ2n) is 4.19. The Morgan fingerprint density at radius 2 is 1.88 bits per heavy atom. The van der Waals surface area contributed by atoms with Crippen LogP contribution < -0.4 is 5.73 Å². The number of likely N-dealkylation sites (tertiary alicyclic amines) is 1. The van der Waals surface area contributed by atoms with E-state index in [4.69, 9.17) is 5.73 Å². The summed E-state index contributed by atoms with van der Waals surface area (Å²) in [5.74, 6) is 0.0621. The Morgan fingerprint density at radius 1 is 1.25 bits per heavy atom. The Morgan fingerprint density at radius 3 is 2.38 bits per heavy atom. The minimum atomic E-state index is -0.354. The van der Waals surface area contributed by atoms with Crippen LogP contribution in [0, 0.1) is 0 Å². The zero-order chi connectivity index (χ0) is 11.7. The van der Waals surface area contributed by atoms with E-state index in [1.54, 1.807) is 0 Å². The van der Waals surface area contributed by atoms with Crippen LogP contribution in [0.25, 0.3) is 0 Å². The van der Waals surface area contributed by atoms with Gasteiger partial charge in [0.05, 0.1) is 6.04 Å². The minimum Gasteiger partial charge on any atom is -0.332 e. The van der Waals surface area contributed by atoms with Crippen LogP contribution in [0.2, 0.25) is 0 Å². The SMILES string of the molecule is CCc1ccc(C2C(N)C(=O)N2CC)cc1. The lowest BCUT2D eigenvalue weighted by Gasteiger charge is -2.45. The zero-order valence-electron chi connectivity index (χ0n) is 9.81. The molecule has 1 aliphatic rings. The van der Waals surface area contributed by atoms with Crippen LogP contribution in [0.4, 0.5) is 0 Å². The summed E-state index contributed by atoms with van der Waals surface area (Å²) in [6.45, 7) is 4.84. The molecule has 1 heterocycles. The highest BCUT2D eigenvalue weighted by Gasteiger charge is 2.44. The van der Waals surface area contributed by atoms with Crippen molar-refractivity contribution >= 4 is 5.91 Å². The first-order valence-corrected chi connectivity index (χ1v) is 5.84. The molecule has 1 aliphatic heterocycles. The van der Waals surface area contributed by atoms with Gasteiger partial charge in [0.25, 0.3) is 0 Å². The Hall–Kier alpha value is -1.35. The van der Waals surface area contributed by atoms with Crippen LogP contribution in [0.1, 0.15) is 31.0 Å². The number of nitrogens with two attached hydrogens (primary N) is 1. The molecule has 1 aromatic carbocycles. The smallest absolute Gasteiger partial charge is 0.242 e. The second-order valence-corrected chi connectivity index (χ2v) is 4.19. The van der Waals surface area contributed by atoms with Gasteiger partial charge in [-0.1, -0.05) is 31.2 Å². The molecule has 1 fully saturated rings. The molecule has 1 saturated heterocycles. The van der Waals surface area contributed by atoms with Crippen molar-refractivity contribution in [2.45, 2.75) is 32.4 Å². The fourth-order valence-electron chi connectivity index (χ4n) is 2.27. The van der Waals surface area contributed by atoms with Gasteiger partial charge in [0.1, 0.15) is 6.04 Å². The molecule has 2 N–H and O–H groups in total. The molecule has 1 amide bonds. The lowest BCUT2D eigenvalue weighted by molar-refractivity contribution is -0.149. The molecule has 16 heavy (non-hydrogen) atoms. The van der Waals surface area contributed by atoms with Crippen molar-refractivity contribution < 1.29 is 4.79 Å². The first-order chi connectivity index (χ1) is 7.69. The molecule has 0 aromatic heterocycles. The van der Waals surface area contributed by atoms with Crippen LogP contribution in [0.15, 0.2) is 24.3 Å². The van der Waals surface area contributed by atoms with E-state index in [9.17, 15) is 4.79 Å². The zero-order valence-corrected chi connectivity index (χ0v) is 9.81. The Balaban J connectivity index is 2.20. The van der Waals surface area contributed by atoms with E-state index in [0.717, 1.165) is 18.5 Å². The minimum absolute atomic E-state index is 0.0621. The van der Waals surface area contributed by atoms with Crippen LogP contribution in [0.5, 0.6) is 0 Å². The summed E-state index contributed by atoms with van der Waals surface area (Å²) in [6, 6.07) is 8.10. The topological polar surface area (TPSA) is 46.3 Å². The number of nitrogens with zero attached hydrogens (tertiary/aromatic N) is 1. The summed E-state index contributed by atoms with van der Waals surface area (Å²) in [5.41, 5.74) is 8.30. The number of amides is 1. The summed E-state index contributed by atoms with van der Waals surface area (Å²) in [7, 11) is 0. The normalized spacial score (nSPS) is 24.4. The lowest BCUT2D eigenvalue weighted by atomic mass is 9.88. The summed E-state index contributed by atoms with van der Waals surface area (Å²) >= 11 is 0. The predicted molar refractivity (Wildman–Crippen MR) is 63.9 cm³/mol. The van der Waals surface area contributed by atoms with Crippen molar-refractivity contribution in [3.05, 3.63) is 35.4 Å². The van der Waals surface area contributed by atoms with Crippen molar-refractivity contribution in [2.24, 2.45) is 5.73 Å². The van der Waals surface area contributed by atoms with Crippen molar-refractivity contribution in [3.63, 3.8) is 0 Å². The fourth-order valence-corrected chi connectivity index (χ4v) is 2.27. The van der Waals surface area contributed by atoms with E-state index < -0.39 is 0 Å². The number of hydrogen-bond donors (Lipinski definition) is 1. The molecule has 3 heteroatoms. The Labute approximate surface area is 96.2 Å². The van der Waals surface area contributed by atoms with Gasteiger partial charge in [-0.25, -0.2) is 0 Å². The van der Waals surface area contributed by atoms with Gasteiger partial charge in [-0.15, -0.1) is 0 Å². The third-order valence-electron chi connectivity index (χ3n) is 3.31. The molecule has 0 radical (unpaired) electrons. The van der Waals surface area contributed by atoms with Gasteiger partial charge >= 0.3 is 0 Å². The van der Waals surface area contributed by atoms with Gasteiger partial charge in [-0.3, -0.25) is 4.79 Å². The third-order valence-corrected chi connectivity index (χ3v) is 3.31. The first-order valence-electron chi connectivity index (χ1n) is 5.84. The number of likely N-dealkylation sites (N-methyl/N-ethyl adjacent to an activating group) is 1. The van der Waals surface area contributed by atoms with Crippen LogP contribution >= 0.6 is 0 Å². The Bertz CT molecular complexity index is 385. The number of carbonyl (C=O) groups is 1. The molecule has 0 saturated carbocycles. The van der Waals surface area contributed by atoms with E-state index in [2.05, 4.69) is 31.2 Å². The molecule has 3 nitrogen and oxygen atoms in total. The molecule has 0 bridgehead atoms. The molecule has 0 aliphatic carbocycles. The van der Waals surface area contributed by atoms with E-state index in [-0.39, 0.29) is 18.0 Å². The van der Waals surface area contributed by atoms with Crippen LogP contribution in [-0.4, -0.2) is 23.4 Å². The van der Waals surface area contributed by atoms with Crippen molar-refractivity contribution in [1.82, 2.24) is 4.90 Å². The number of β-lactam (4-membered cyclic amide) rings is 1. The van der Waals surface area contributed by atoms with E-state index in [1.165, 1.54) is 5.56 Å². The van der Waals surface area contributed by atoms with Crippen LogP contribution in [0.3, 0.4) is 0 Å². The van der Waals surface area contributed by atoms with Crippen molar-refractivity contribution in [2.75, 3.05) is 6.54 Å². The van der Waals surface area contributed by atoms with Crippen molar-refractivity contribution in [1.29, 1.82) is 0 Å². The van der Waals surface area contributed by atoms with Gasteiger partial charge < -0.3 is 10.6 Å². The van der Waals surface area contributed by atoms with E-state index >= 15 is 0 Å². The highest BCUT2D eigenvalue weighted by molar-refractivity contribution is 5.89. The molecular formula is C13H18N2O. The van der Waals surface area contributed by atoms with Gasteiger partial charge in [0.15, 0.2) is 0 Å². The summed E-state index contributed by atoms with van der Waals surface area (Å²) in [4.78, 5) is 13.3. The molecule has 2 unspecified atom stereocenters.